The van der Waals surface area contributed by atoms with Crippen LogP contribution >= 0.6 is 0 Å². The summed E-state index contributed by atoms with van der Waals surface area (Å²) >= 11 is 0. The molecule has 13 heavy (non-hydrogen) atoms. The Bertz CT molecular complexity index is 79.0. The summed E-state index contributed by atoms with van der Waals surface area (Å²) in [5, 5.41) is 0. The second kappa shape index (κ2) is 11.9. The van der Waals surface area contributed by atoms with E-state index in [-0.39, 0.29) is 0 Å². The summed E-state index contributed by atoms with van der Waals surface area (Å²) in [5.74, 6) is 0. The van der Waals surface area contributed by atoms with Crippen molar-refractivity contribution in [3.63, 3.8) is 0 Å². The molecule has 2 N–H and O–H groups in total. The Morgan fingerprint density at radius 2 is 1.38 bits per heavy atom. The molecule has 0 spiro atoms. The van der Waals surface area contributed by atoms with Gasteiger partial charge in [0, 0.05) is 26.4 Å². The second-order valence-electron chi connectivity index (χ2n) is 2.93. The fourth-order valence-corrected chi connectivity index (χ4v) is 0.900. The van der Waals surface area contributed by atoms with Crippen molar-refractivity contribution in [3.05, 3.63) is 6.92 Å². The van der Waals surface area contributed by atoms with Crippen LogP contribution in [0.5, 0.6) is 0 Å². The van der Waals surface area contributed by atoms with E-state index in [0.29, 0.717) is 6.54 Å². The largest absolute Gasteiger partial charge is 0.381 e. The molecular weight excluding hydrogens is 166 g/mol. The maximum Gasteiger partial charge on any atom is 0.0478 e. The summed E-state index contributed by atoms with van der Waals surface area (Å²) in [6.07, 6.45) is 3.95. The first-order valence-corrected chi connectivity index (χ1v) is 5.06. The Hall–Kier alpha value is -0.120. The highest BCUT2D eigenvalue weighted by atomic mass is 16.5. The van der Waals surface area contributed by atoms with Gasteiger partial charge >= 0.3 is 0 Å². The molecule has 0 unspecified atom stereocenters. The lowest BCUT2D eigenvalue weighted by atomic mass is 10.3. The molecule has 0 aromatic carbocycles. The van der Waals surface area contributed by atoms with Gasteiger partial charge in [-0.15, -0.1) is 0 Å². The van der Waals surface area contributed by atoms with E-state index >= 15 is 0 Å². The molecule has 0 aliphatic carbocycles. The molecule has 79 valence electrons. The Labute approximate surface area is 81.6 Å². The third-order valence-corrected chi connectivity index (χ3v) is 1.61. The van der Waals surface area contributed by atoms with E-state index in [4.69, 9.17) is 15.2 Å². The zero-order valence-electron chi connectivity index (χ0n) is 8.46. The second-order valence-corrected chi connectivity index (χ2v) is 2.93. The van der Waals surface area contributed by atoms with Gasteiger partial charge in [0.2, 0.25) is 0 Å². The minimum atomic E-state index is 0.715. The standard InChI is InChI=1S/C10H22NO2/c1-2-7-12-8-3-4-9-13-10-5-6-11/h1-11H2. The van der Waals surface area contributed by atoms with Gasteiger partial charge < -0.3 is 15.2 Å². The summed E-state index contributed by atoms with van der Waals surface area (Å²) in [6, 6.07) is 0. The van der Waals surface area contributed by atoms with E-state index in [0.717, 1.165) is 52.1 Å². The van der Waals surface area contributed by atoms with Crippen molar-refractivity contribution in [2.75, 3.05) is 33.0 Å². The number of nitrogens with two attached hydrogens (primary N) is 1. The molecule has 1 radical (unpaired) electrons. The lowest BCUT2D eigenvalue weighted by molar-refractivity contribution is 0.104. The first-order valence-electron chi connectivity index (χ1n) is 5.06. The summed E-state index contributed by atoms with van der Waals surface area (Å²) in [6.45, 7) is 7.62. The van der Waals surface area contributed by atoms with Crippen molar-refractivity contribution in [2.24, 2.45) is 5.73 Å². The minimum Gasteiger partial charge on any atom is -0.381 e. The molecule has 0 saturated carbocycles. The third kappa shape index (κ3) is 11.9. The van der Waals surface area contributed by atoms with Crippen LogP contribution in [-0.2, 0) is 9.47 Å². The molecule has 0 bridgehead atoms. The van der Waals surface area contributed by atoms with E-state index < -0.39 is 0 Å². The smallest absolute Gasteiger partial charge is 0.0478 e. The van der Waals surface area contributed by atoms with Gasteiger partial charge in [-0.2, -0.15) is 0 Å². The molecule has 0 fully saturated rings. The quantitative estimate of drug-likeness (QED) is 0.527. The van der Waals surface area contributed by atoms with Crippen LogP contribution in [-0.4, -0.2) is 33.0 Å². The normalized spacial score (nSPS) is 10.6. The fraction of sp³-hybridized carbons (Fsp3) is 0.900. The van der Waals surface area contributed by atoms with Gasteiger partial charge in [0.25, 0.3) is 0 Å². The number of unbranched alkanes of at least 4 members (excludes halogenated alkanes) is 1. The van der Waals surface area contributed by atoms with Crippen LogP contribution in [0.25, 0.3) is 0 Å². The van der Waals surface area contributed by atoms with E-state index in [9.17, 15) is 0 Å². The zero-order valence-corrected chi connectivity index (χ0v) is 8.46. The topological polar surface area (TPSA) is 44.5 Å². The van der Waals surface area contributed by atoms with Gasteiger partial charge in [-0.25, -0.2) is 0 Å². The lowest BCUT2D eigenvalue weighted by Crippen LogP contribution is -2.05. The highest BCUT2D eigenvalue weighted by Gasteiger charge is 1.90. The lowest BCUT2D eigenvalue weighted by Gasteiger charge is -2.03. The number of ether oxygens (including phenoxy) is 2. The highest BCUT2D eigenvalue weighted by molar-refractivity contribution is 4.41. The summed E-state index contributed by atoms with van der Waals surface area (Å²) in [7, 11) is 0. The van der Waals surface area contributed by atoms with Gasteiger partial charge in [0.05, 0.1) is 0 Å². The van der Waals surface area contributed by atoms with Crippen LogP contribution in [0.2, 0.25) is 0 Å². The molecule has 0 atom stereocenters. The van der Waals surface area contributed by atoms with Crippen molar-refractivity contribution < 1.29 is 9.47 Å². The van der Waals surface area contributed by atoms with Crippen molar-refractivity contribution in [1.29, 1.82) is 0 Å². The minimum absolute atomic E-state index is 0.715. The Balaban J connectivity index is 2.76. The molecule has 3 heteroatoms. The van der Waals surface area contributed by atoms with Crippen LogP contribution in [0, 0.1) is 6.92 Å². The molecule has 0 aromatic heterocycles. The van der Waals surface area contributed by atoms with Crippen LogP contribution < -0.4 is 5.73 Å². The average Bonchev–Trinajstić information content (AvgIpc) is 2.16. The van der Waals surface area contributed by atoms with Crippen LogP contribution in [0.4, 0.5) is 0 Å². The summed E-state index contributed by atoms with van der Waals surface area (Å²) < 4.78 is 10.6. The summed E-state index contributed by atoms with van der Waals surface area (Å²) in [4.78, 5) is 0. The van der Waals surface area contributed by atoms with Gasteiger partial charge in [0.1, 0.15) is 0 Å². The molecule has 0 aliphatic heterocycles. The number of hydrogen-bond acceptors (Lipinski definition) is 3. The van der Waals surface area contributed by atoms with Crippen LogP contribution in [0.3, 0.4) is 0 Å². The molecule has 3 nitrogen and oxygen atoms in total. The van der Waals surface area contributed by atoms with E-state index in [2.05, 4.69) is 6.92 Å². The first-order chi connectivity index (χ1) is 6.41. The molecule has 0 heterocycles. The van der Waals surface area contributed by atoms with Crippen molar-refractivity contribution in [1.82, 2.24) is 0 Å². The Kier molecular flexibility index (Phi) is 11.8. The maximum atomic E-state index is 5.33. The molecule has 0 aliphatic rings. The fourth-order valence-electron chi connectivity index (χ4n) is 0.900. The average molecular weight is 188 g/mol. The van der Waals surface area contributed by atoms with Crippen molar-refractivity contribution in [3.8, 4) is 0 Å². The van der Waals surface area contributed by atoms with Gasteiger partial charge in [-0.05, 0) is 32.2 Å². The highest BCUT2D eigenvalue weighted by Crippen LogP contribution is 1.92. The van der Waals surface area contributed by atoms with Crippen molar-refractivity contribution in [2.45, 2.75) is 25.7 Å². The Morgan fingerprint density at radius 3 is 1.92 bits per heavy atom. The van der Waals surface area contributed by atoms with Gasteiger partial charge in [-0.1, -0.05) is 6.92 Å². The number of hydrogen-bond donors (Lipinski definition) is 1. The molecular formula is C10H22NO2. The van der Waals surface area contributed by atoms with E-state index in [1.54, 1.807) is 0 Å². The predicted molar refractivity (Wildman–Crippen MR) is 54.5 cm³/mol. The van der Waals surface area contributed by atoms with E-state index in [1.807, 2.05) is 0 Å². The molecule has 0 saturated heterocycles. The third-order valence-electron chi connectivity index (χ3n) is 1.61. The van der Waals surface area contributed by atoms with Crippen molar-refractivity contribution >= 4 is 0 Å². The maximum absolute atomic E-state index is 5.33. The zero-order chi connectivity index (χ0) is 9.78. The van der Waals surface area contributed by atoms with Crippen LogP contribution in [0.1, 0.15) is 25.7 Å². The molecule has 0 rings (SSSR count). The first kappa shape index (κ1) is 12.9. The number of rotatable bonds is 10. The van der Waals surface area contributed by atoms with Crippen LogP contribution in [0.15, 0.2) is 0 Å². The monoisotopic (exact) mass is 188 g/mol. The van der Waals surface area contributed by atoms with E-state index in [1.165, 1.54) is 0 Å². The predicted octanol–water partition coefficient (Wildman–Crippen LogP) is 1.37. The Morgan fingerprint density at radius 1 is 0.846 bits per heavy atom. The van der Waals surface area contributed by atoms with Gasteiger partial charge in [0.15, 0.2) is 0 Å². The molecule has 0 aromatic rings. The van der Waals surface area contributed by atoms with Gasteiger partial charge in [-0.3, -0.25) is 0 Å². The summed E-state index contributed by atoms with van der Waals surface area (Å²) in [5.41, 5.74) is 5.32. The molecule has 0 amide bonds. The SMILES string of the molecule is [CH2]CCOCCCCOCCCN.